The molecule has 2 amide bonds. The maximum absolute atomic E-state index is 13.5. The molecular weight excluding hydrogens is 484 g/mol. The predicted octanol–water partition coefficient (Wildman–Crippen LogP) is 2.88. The molecule has 1 saturated carbocycles. The number of nitro groups is 1. The molecule has 1 aliphatic carbocycles. The number of carbonyl (C=O) groups is 2. The van der Waals surface area contributed by atoms with Gasteiger partial charge >= 0.3 is 0 Å². The fraction of sp³-hybridized carbons (Fsp3) is 0.440. The number of sulfonamides is 1. The summed E-state index contributed by atoms with van der Waals surface area (Å²) in [6, 6.07) is 13.8. The first-order valence-corrected chi connectivity index (χ1v) is 13.8. The minimum atomic E-state index is -3.96. The zero-order valence-corrected chi connectivity index (χ0v) is 21.3. The van der Waals surface area contributed by atoms with Crippen molar-refractivity contribution in [3.05, 3.63) is 70.3 Å². The average molecular weight is 517 g/mol. The Labute approximate surface area is 211 Å². The van der Waals surface area contributed by atoms with Crippen LogP contribution in [0.15, 0.2) is 54.6 Å². The van der Waals surface area contributed by atoms with E-state index in [0.717, 1.165) is 47.9 Å². The highest BCUT2D eigenvalue weighted by molar-refractivity contribution is 7.92. The lowest BCUT2D eigenvalue weighted by atomic mass is 10.1. The first kappa shape index (κ1) is 27.1. The number of carbonyl (C=O) groups excluding carboxylic acids is 2. The Hall–Kier alpha value is -3.47. The van der Waals surface area contributed by atoms with Gasteiger partial charge in [-0.05, 0) is 37.8 Å². The Kier molecular flexibility index (Phi) is 9.03. The quantitative estimate of drug-likeness (QED) is 0.361. The molecule has 2 aromatic rings. The lowest BCUT2D eigenvalue weighted by Crippen LogP contribution is -2.53. The Morgan fingerprint density at radius 1 is 1.11 bits per heavy atom. The number of nitrogens with zero attached hydrogens (tertiary/aromatic N) is 3. The molecule has 2 aromatic carbocycles. The van der Waals surface area contributed by atoms with Gasteiger partial charge in [0.25, 0.3) is 5.69 Å². The van der Waals surface area contributed by atoms with Gasteiger partial charge in [-0.25, -0.2) is 8.42 Å². The van der Waals surface area contributed by atoms with E-state index < -0.39 is 33.4 Å². The van der Waals surface area contributed by atoms with Gasteiger partial charge in [0.15, 0.2) is 0 Å². The molecule has 0 radical (unpaired) electrons. The average Bonchev–Trinajstić information content (AvgIpc) is 3.35. The first-order valence-electron chi connectivity index (χ1n) is 11.9. The van der Waals surface area contributed by atoms with Gasteiger partial charge in [-0.15, -0.1) is 0 Å². The third-order valence-electron chi connectivity index (χ3n) is 6.36. The number of nitrogens with one attached hydrogen (secondary N) is 1. The summed E-state index contributed by atoms with van der Waals surface area (Å²) >= 11 is 0. The van der Waals surface area contributed by atoms with E-state index in [1.54, 1.807) is 6.92 Å². The molecule has 3 rings (SSSR count). The summed E-state index contributed by atoms with van der Waals surface area (Å²) in [5.74, 6) is -0.860. The van der Waals surface area contributed by atoms with Gasteiger partial charge in [0, 0.05) is 24.7 Å². The van der Waals surface area contributed by atoms with Gasteiger partial charge in [-0.3, -0.25) is 24.0 Å². The van der Waals surface area contributed by atoms with Gasteiger partial charge in [0.05, 0.1) is 16.9 Å². The smallest absolute Gasteiger partial charge is 0.271 e. The molecule has 1 atom stereocenters. The van der Waals surface area contributed by atoms with Crippen LogP contribution in [0.1, 0.15) is 38.2 Å². The van der Waals surface area contributed by atoms with Crippen LogP contribution in [0.2, 0.25) is 0 Å². The fourth-order valence-corrected chi connectivity index (χ4v) is 5.18. The van der Waals surface area contributed by atoms with E-state index >= 15 is 0 Å². The molecule has 0 heterocycles. The molecule has 0 saturated heterocycles. The van der Waals surface area contributed by atoms with Crippen LogP contribution in [0.25, 0.3) is 0 Å². The fourth-order valence-electron chi connectivity index (χ4n) is 4.34. The molecule has 1 N–H and O–H groups in total. The molecule has 1 unspecified atom stereocenters. The van der Waals surface area contributed by atoms with Crippen molar-refractivity contribution in [1.82, 2.24) is 10.2 Å². The van der Waals surface area contributed by atoms with Crippen molar-refractivity contribution < 1.29 is 22.9 Å². The van der Waals surface area contributed by atoms with Crippen LogP contribution in [0.3, 0.4) is 0 Å². The van der Waals surface area contributed by atoms with Gasteiger partial charge < -0.3 is 10.2 Å². The third-order valence-corrected chi connectivity index (χ3v) is 7.50. The van der Waals surface area contributed by atoms with Crippen LogP contribution >= 0.6 is 0 Å². The van der Waals surface area contributed by atoms with Crippen molar-refractivity contribution in [3.63, 3.8) is 0 Å². The van der Waals surface area contributed by atoms with Gasteiger partial charge in [-0.2, -0.15) is 0 Å². The molecule has 1 aliphatic rings. The van der Waals surface area contributed by atoms with Crippen LogP contribution in [0, 0.1) is 10.1 Å². The summed E-state index contributed by atoms with van der Waals surface area (Å²) in [6.07, 6.45) is 5.29. The van der Waals surface area contributed by atoms with Gasteiger partial charge in [0.2, 0.25) is 21.8 Å². The largest absolute Gasteiger partial charge is 0.352 e. The molecule has 1 fully saturated rings. The van der Waals surface area contributed by atoms with Gasteiger partial charge in [0.1, 0.15) is 12.6 Å². The third kappa shape index (κ3) is 7.27. The maximum atomic E-state index is 13.5. The van der Waals surface area contributed by atoms with Crippen molar-refractivity contribution in [2.75, 3.05) is 23.7 Å². The monoisotopic (exact) mass is 516 g/mol. The molecular formula is C25H32N4O6S. The van der Waals surface area contributed by atoms with Crippen LogP contribution in [0.4, 0.5) is 11.4 Å². The summed E-state index contributed by atoms with van der Waals surface area (Å²) in [5.41, 5.74) is 0.683. The zero-order valence-electron chi connectivity index (χ0n) is 20.5. The lowest BCUT2D eigenvalue weighted by molar-refractivity contribution is -0.384. The first-order chi connectivity index (χ1) is 17.1. The van der Waals surface area contributed by atoms with Crippen LogP contribution in [-0.4, -0.2) is 61.5 Å². The summed E-state index contributed by atoms with van der Waals surface area (Å²) in [6.45, 7) is 1.25. The normalized spacial score (nSPS) is 14.7. The van der Waals surface area contributed by atoms with Crippen molar-refractivity contribution in [3.8, 4) is 0 Å². The van der Waals surface area contributed by atoms with E-state index in [1.165, 1.54) is 23.1 Å². The van der Waals surface area contributed by atoms with Crippen molar-refractivity contribution in [1.29, 1.82) is 0 Å². The zero-order chi connectivity index (χ0) is 26.3. The van der Waals surface area contributed by atoms with E-state index in [9.17, 15) is 28.1 Å². The maximum Gasteiger partial charge on any atom is 0.271 e. The van der Waals surface area contributed by atoms with E-state index in [0.29, 0.717) is 6.42 Å². The number of non-ortho nitro benzene ring substituents is 1. The molecule has 194 valence electrons. The Bertz CT molecular complexity index is 1180. The number of rotatable bonds is 11. The van der Waals surface area contributed by atoms with Crippen LogP contribution in [-0.2, 0) is 26.0 Å². The second-order valence-electron chi connectivity index (χ2n) is 9.04. The standard InChI is InChI=1S/C25H32N4O6S/c1-19(25(31)26-21-11-6-7-12-21)27(16-15-20-9-4-3-5-10-20)24(30)18-28(36(2,34)35)22-13-8-14-23(17-22)29(32)33/h3-5,8-10,13-14,17,19,21H,6-7,11-12,15-16,18H2,1-2H3,(H,26,31). The van der Waals surface area contributed by atoms with Crippen molar-refractivity contribution in [2.45, 2.75) is 51.1 Å². The highest BCUT2D eigenvalue weighted by Crippen LogP contribution is 2.24. The number of hydrogen-bond donors (Lipinski definition) is 1. The summed E-state index contributed by atoms with van der Waals surface area (Å²) in [4.78, 5) is 38.5. The molecule has 11 heteroatoms. The predicted molar refractivity (Wildman–Crippen MR) is 137 cm³/mol. The minimum absolute atomic E-state index is 0.00567. The summed E-state index contributed by atoms with van der Waals surface area (Å²) in [5, 5.41) is 14.2. The SMILES string of the molecule is CC(C(=O)NC1CCCC1)N(CCc1ccccc1)C(=O)CN(c1cccc([N+](=O)[O-])c1)S(C)(=O)=O. The highest BCUT2D eigenvalue weighted by atomic mass is 32.2. The topological polar surface area (TPSA) is 130 Å². The number of hydrogen-bond acceptors (Lipinski definition) is 6. The highest BCUT2D eigenvalue weighted by Gasteiger charge is 2.31. The molecule has 0 aromatic heterocycles. The van der Waals surface area contributed by atoms with E-state index in [2.05, 4.69) is 5.32 Å². The summed E-state index contributed by atoms with van der Waals surface area (Å²) in [7, 11) is -3.96. The van der Waals surface area contributed by atoms with Crippen LogP contribution in [0.5, 0.6) is 0 Å². The number of benzene rings is 2. The molecule has 0 aliphatic heterocycles. The lowest BCUT2D eigenvalue weighted by Gasteiger charge is -2.32. The number of amides is 2. The minimum Gasteiger partial charge on any atom is -0.352 e. The second kappa shape index (κ2) is 12.0. The molecule has 36 heavy (non-hydrogen) atoms. The van der Waals surface area contributed by atoms with E-state index in [4.69, 9.17) is 0 Å². The second-order valence-corrected chi connectivity index (χ2v) is 10.9. The number of nitro benzene ring substituents is 1. The van der Waals surface area contributed by atoms with Crippen molar-refractivity contribution in [2.24, 2.45) is 0 Å². The van der Waals surface area contributed by atoms with E-state index in [-0.39, 0.29) is 29.9 Å². The Morgan fingerprint density at radius 3 is 2.39 bits per heavy atom. The number of anilines is 1. The van der Waals surface area contributed by atoms with Crippen LogP contribution < -0.4 is 9.62 Å². The van der Waals surface area contributed by atoms with E-state index in [1.807, 2.05) is 30.3 Å². The Morgan fingerprint density at radius 2 is 1.78 bits per heavy atom. The summed E-state index contributed by atoms with van der Waals surface area (Å²) < 4.78 is 26.0. The Balaban J connectivity index is 1.85. The molecule has 0 bridgehead atoms. The molecule has 10 nitrogen and oxygen atoms in total. The van der Waals surface area contributed by atoms with Crippen molar-refractivity contribution >= 4 is 33.2 Å². The molecule has 0 spiro atoms. The van der Waals surface area contributed by atoms with Gasteiger partial charge in [-0.1, -0.05) is 49.2 Å².